The summed E-state index contributed by atoms with van der Waals surface area (Å²) in [7, 11) is 1.53. The number of urea groups is 1. The summed E-state index contributed by atoms with van der Waals surface area (Å²) in [5, 5.41) is 8.83. The van der Waals surface area contributed by atoms with E-state index in [0.717, 1.165) is 4.90 Å². The summed E-state index contributed by atoms with van der Waals surface area (Å²) < 4.78 is 5.23. The maximum absolute atomic E-state index is 12.3. The Balaban J connectivity index is 1.49. The standard InChI is InChI=1S/C22H20ClN3O3S/c1-29-20-12-7-15(23)13-19(20)26-21(27)14-30-18-10-8-17(9-11-18)25-22(28)24-16-5-3-2-4-6-16/h2-13H,14H2,1H3,(H,26,27)(H2,24,25,28). The molecular weight excluding hydrogens is 422 g/mol. The summed E-state index contributed by atoms with van der Waals surface area (Å²) in [5.74, 6) is 0.587. The SMILES string of the molecule is COc1ccc(Cl)cc1NC(=O)CSc1ccc(NC(=O)Nc2ccccc2)cc1. The summed E-state index contributed by atoms with van der Waals surface area (Å²) in [6, 6.07) is 21.2. The molecule has 0 aliphatic heterocycles. The third kappa shape index (κ3) is 6.43. The van der Waals surface area contributed by atoms with E-state index in [2.05, 4.69) is 16.0 Å². The number of nitrogens with one attached hydrogen (secondary N) is 3. The third-order valence-electron chi connectivity index (χ3n) is 3.95. The summed E-state index contributed by atoms with van der Waals surface area (Å²) >= 11 is 7.36. The maximum atomic E-state index is 12.3. The first kappa shape index (κ1) is 21.5. The van der Waals surface area contributed by atoms with Gasteiger partial charge in [0.05, 0.1) is 18.6 Å². The summed E-state index contributed by atoms with van der Waals surface area (Å²) in [6.07, 6.45) is 0. The van der Waals surface area contributed by atoms with E-state index < -0.39 is 0 Å². The van der Waals surface area contributed by atoms with E-state index in [9.17, 15) is 9.59 Å². The number of benzene rings is 3. The van der Waals surface area contributed by atoms with Gasteiger partial charge in [-0.15, -0.1) is 11.8 Å². The molecule has 0 atom stereocenters. The first-order valence-corrected chi connectivity index (χ1v) is 10.4. The third-order valence-corrected chi connectivity index (χ3v) is 5.20. The number of rotatable bonds is 7. The minimum Gasteiger partial charge on any atom is -0.495 e. The van der Waals surface area contributed by atoms with E-state index in [1.807, 2.05) is 42.5 Å². The van der Waals surface area contributed by atoms with Crippen molar-refractivity contribution in [2.45, 2.75) is 4.90 Å². The molecule has 0 saturated heterocycles. The Hall–Kier alpha value is -3.16. The van der Waals surface area contributed by atoms with Crippen LogP contribution in [-0.2, 0) is 4.79 Å². The highest BCUT2D eigenvalue weighted by molar-refractivity contribution is 8.00. The van der Waals surface area contributed by atoms with Gasteiger partial charge in [0.2, 0.25) is 5.91 Å². The van der Waals surface area contributed by atoms with Crippen LogP contribution in [0.1, 0.15) is 0 Å². The van der Waals surface area contributed by atoms with Gasteiger partial charge < -0.3 is 20.7 Å². The molecule has 0 aliphatic carbocycles. The minimum absolute atomic E-state index is 0.176. The molecule has 0 unspecified atom stereocenters. The molecule has 154 valence electrons. The lowest BCUT2D eigenvalue weighted by Crippen LogP contribution is -2.19. The number of amides is 3. The van der Waals surface area contributed by atoms with Crippen LogP contribution in [0.3, 0.4) is 0 Å². The van der Waals surface area contributed by atoms with E-state index in [1.165, 1.54) is 18.9 Å². The molecule has 0 aliphatic rings. The molecule has 30 heavy (non-hydrogen) atoms. The summed E-state index contributed by atoms with van der Waals surface area (Å²) in [6.45, 7) is 0. The molecule has 3 N–H and O–H groups in total. The number of ether oxygens (including phenoxy) is 1. The number of hydrogen-bond donors (Lipinski definition) is 3. The van der Waals surface area contributed by atoms with E-state index in [0.29, 0.717) is 27.8 Å². The number of methoxy groups -OCH3 is 1. The highest BCUT2D eigenvalue weighted by Crippen LogP contribution is 2.28. The van der Waals surface area contributed by atoms with Crippen molar-refractivity contribution in [1.82, 2.24) is 0 Å². The van der Waals surface area contributed by atoms with Crippen molar-refractivity contribution < 1.29 is 14.3 Å². The van der Waals surface area contributed by atoms with Crippen LogP contribution in [0.15, 0.2) is 77.7 Å². The van der Waals surface area contributed by atoms with E-state index in [-0.39, 0.29) is 17.7 Å². The Morgan fingerprint density at radius 3 is 2.23 bits per heavy atom. The fraction of sp³-hybridized carbons (Fsp3) is 0.0909. The van der Waals surface area contributed by atoms with Gasteiger partial charge in [-0.1, -0.05) is 29.8 Å². The molecular formula is C22H20ClN3O3S. The molecule has 0 heterocycles. The van der Waals surface area contributed by atoms with Gasteiger partial charge in [-0.25, -0.2) is 4.79 Å². The van der Waals surface area contributed by atoms with Crippen LogP contribution >= 0.6 is 23.4 Å². The van der Waals surface area contributed by atoms with Crippen LogP contribution in [-0.4, -0.2) is 24.8 Å². The maximum Gasteiger partial charge on any atom is 0.323 e. The highest BCUT2D eigenvalue weighted by Gasteiger charge is 2.09. The van der Waals surface area contributed by atoms with Gasteiger partial charge in [-0.3, -0.25) is 4.79 Å². The zero-order valence-corrected chi connectivity index (χ0v) is 17.7. The Labute approximate surface area is 184 Å². The Kier molecular flexibility index (Phi) is 7.59. The number of hydrogen-bond acceptors (Lipinski definition) is 4. The Bertz CT molecular complexity index is 1010. The van der Waals surface area contributed by atoms with Gasteiger partial charge in [-0.05, 0) is 54.6 Å². The van der Waals surface area contributed by atoms with Gasteiger partial charge >= 0.3 is 6.03 Å². The minimum atomic E-state index is -0.323. The normalized spacial score (nSPS) is 10.2. The predicted octanol–water partition coefficient (Wildman–Crippen LogP) is 5.72. The Morgan fingerprint density at radius 2 is 1.57 bits per heavy atom. The van der Waals surface area contributed by atoms with E-state index in [1.54, 1.807) is 30.3 Å². The fourth-order valence-corrected chi connectivity index (χ4v) is 3.43. The van der Waals surface area contributed by atoms with Crippen LogP contribution in [0.4, 0.5) is 21.9 Å². The van der Waals surface area contributed by atoms with Crippen LogP contribution in [0.2, 0.25) is 5.02 Å². The van der Waals surface area contributed by atoms with Crippen molar-refractivity contribution in [3.63, 3.8) is 0 Å². The second-order valence-corrected chi connectivity index (χ2v) is 7.64. The molecule has 0 radical (unpaired) electrons. The zero-order chi connectivity index (χ0) is 21.3. The van der Waals surface area contributed by atoms with Gasteiger partial charge in [0.25, 0.3) is 0 Å². The largest absolute Gasteiger partial charge is 0.495 e. The summed E-state index contributed by atoms with van der Waals surface area (Å²) in [4.78, 5) is 25.2. The molecule has 0 bridgehead atoms. The lowest BCUT2D eigenvalue weighted by atomic mass is 10.3. The fourth-order valence-electron chi connectivity index (χ4n) is 2.56. The lowest BCUT2D eigenvalue weighted by molar-refractivity contribution is -0.113. The lowest BCUT2D eigenvalue weighted by Gasteiger charge is -2.11. The average Bonchev–Trinajstić information content (AvgIpc) is 2.74. The Morgan fingerprint density at radius 1 is 0.900 bits per heavy atom. The average molecular weight is 442 g/mol. The monoisotopic (exact) mass is 441 g/mol. The predicted molar refractivity (Wildman–Crippen MR) is 123 cm³/mol. The van der Waals surface area contributed by atoms with Crippen LogP contribution in [0.5, 0.6) is 5.75 Å². The molecule has 6 nitrogen and oxygen atoms in total. The second kappa shape index (κ2) is 10.6. The number of thioether (sulfide) groups is 1. The van der Waals surface area contributed by atoms with Gasteiger partial charge in [0, 0.05) is 21.3 Å². The second-order valence-electron chi connectivity index (χ2n) is 6.15. The first-order chi connectivity index (χ1) is 14.5. The highest BCUT2D eigenvalue weighted by atomic mass is 35.5. The topological polar surface area (TPSA) is 79.5 Å². The van der Waals surface area contributed by atoms with Gasteiger partial charge in [0.15, 0.2) is 0 Å². The van der Waals surface area contributed by atoms with Crippen molar-refractivity contribution in [1.29, 1.82) is 0 Å². The number of anilines is 3. The number of para-hydroxylation sites is 1. The molecule has 8 heteroatoms. The van der Waals surface area contributed by atoms with Crippen molar-refractivity contribution >= 4 is 52.4 Å². The smallest absolute Gasteiger partial charge is 0.323 e. The van der Waals surface area contributed by atoms with Crippen molar-refractivity contribution in [3.05, 3.63) is 77.8 Å². The molecule has 3 aromatic carbocycles. The van der Waals surface area contributed by atoms with Gasteiger partial charge in [-0.2, -0.15) is 0 Å². The zero-order valence-electron chi connectivity index (χ0n) is 16.1. The molecule has 0 saturated carbocycles. The molecule has 3 aromatic rings. The molecule has 0 aromatic heterocycles. The van der Waals surface area contributed by atoms with Crippen LogP contribution in [0, 0.1) is 0 Å². The molecule has 3 rings (SSSR count). The molecule has 0 fully saturated rings. The van der Waals surface area contributed by atoms with Gasteiger partial charge in [0.1, 0.15) is 5.75 Å². The number of carbonyl (C=O) groups is 2. The van der Waals surface area contributed by atoms with E-state index in [4.69, 9.17) is 16.3 Å². The van der Waals surface area contributed by atoms with Crippen molar-refractivity contribution in [2.24, 2.45) is 0 Å². The number of halogens is 1. The van der Waals surface area contributed by atoms with Crippen LogP contribution in [0.25, 0.3) is 0 Å². The van der Waals surface area contributed by atoms with E-state index >= 15 is 0 Å². The number of carbonyl (C=O) groups excluding carboxylic acids is 2. The van der Waals surface area contributed by atoms with Crippen molar-refractivity contribution in [3.8, 4) is 5.75 Å². The van der Waals surface area contributed by atoms with Crippen molar-refractivity contribution in [2.75, 3.05) is 28.8 Å². The molecule has 0 spiro atoms. The first-order valence-electron chi connectivity index (χ1n) is 9.03. The van der Waals surface area contributed by atoms with Crippen LogP contribution < -0.4 is 20.7 Å². The molecule has 3 amide bonds. The summed E-state index contributed by atoms with van der Waals surface area (Å²) in [5.41, 5.74) is 1.89. The quantitative estimate of drug-likeness (QED) is 0.409.